The van der Waals surface area contributed by atoms with Gasteiger partial charge in [-0.05, 0) is 18.4 Å². The molecule has 1 aromatic rings. The van der Waals surface area contributed by atoms with Crippen molar-refractivity contribution in [1.82, 2.24) is 9.88 Å². The lowest BCUT2D eigenvalue weighted by molar-refractivity contribution is -0.145. The van der Waals surface area contributed by atoms with Crippen LogP contribution in [0.25, 0.3) is 0 Å². The van der Waals surface area contributed by atoms with Crippen LogP contribution in [0.5, 0.6) is 5.88 Å². The second-order valence-corrected chi connectivity index (χ2v) is 4.89. The largest absolute Gasteiger partial charge is 0.481 e. The number of methoxy groups -OCH3 is 1. The number of carboxylic acid groups (broad SMARTS) is 1. The number of aromatic nitrogens is 1. The van der Waals surface area contributed by atoms with Crippen molar-refractivity contribution in [3.63, 3.8) is 0 Å². The standard InChI is InChI=1S/C14H20N2O4/c1-19-13-3-2-11(8-15-13)9-16-6-4-12(5-7-16)20-10-14(17)18/h2-3,8,12H,4-7,9-10H2,1H3,(H,17,18). The van der Waals surface area contributed by atoms with Gasteiger partial charge in [-0.2, -0.15) is 0 Å². The third-order valence-electron chi connectivity index (χ3n) is 3.39. The summed E-state index contributed by atoms with van der Waals surface area (Å²) in [4.78, 5) is 17.0. The van der Waals surface area contributed by atoms with Gasteiger partial charge in [-0.15, -0.1) is 0 Å². The minimum atomic E-state index is -0.906. The maximum Gasteiger partial charge on any atom is 0.329 e. The van der Waals surface area contributed by atoms with Gasteiger partial charge < -0.3 is 14.6 Å². The Balaban J connectivity index is 1.74. The predicted octanol–water partition coefficient (Wildman–Crippen LogP) is 1.16. The van der Waals surface area contributed by atoms with Gasteiger partial charge in [0, 0.05) is 31.9 Å². The summed E-state index contributed by atoms with van der Waals surface area (Å²) in [6.07, 6.45) is 3.64. The van der Waals surface area contributed by atoms with Crippen molar-refractivity contribution >= 4 is 5.97 Å². The van der Waals surface area contributed by atoms with E-state index in [0.717, 1.165) is 38.0 Å². The number of nitrogens with zero attached hydrogens (tertiary/aromatic N) is 2. The van der Waals surface area contributed by atoms with Crippen LogP contribution in [0, 0.1) is 0 Å². The summed E-state index contributed by atoms with van der Waals surface area (Å²) in [5, 5.41) is 8.58. The van der Waals surface area contributed by atoms with Crippen LogP contribution in [-0.4, -0.2) is 53.9 Å². The van der Waals surface area contributed by atoms with Crippen molar-refractivity contribution in [2.45, 2.75) is 25.5 Å². The molecule has 1 N–H and O–H groups in total. The minimum Gasteiger partial charge on any atom is -0.481 e. The van der Waals surface area contributed by atoms with Gasteiger partial charge in [0.25, 0.3) is 0 Å². The van der Waals surface area contributed by atoms with Gasteiger partial charge in [-0.25, -0.2) is 9.78 Å². The molecule has 0 unspecified atom stereocenters. The highest BCUT2D eigenvalue weighted by molar-refractivity contribution is 5.68. The monoisotopic (exact) mass is 280 g/mol. The smallest absolute Gasteiger partial charge is 0.329 e. The Labute approximate surface area is 118 Å². The van der Waals surface area contributed by atoms with E-state index < -0.39 is 5.97 Å². The lowest BCUT2D eigenvalue weighted by Gasteiger charge is -2.31. The zero-order valence-electron chi connectivity index (χ0n) is 11.6. The van der Waals surface area contributed by atoms with Crippen LogP contribution in [-0.2, 0) is 16.1 Å². The zero-order valence-corrected chi connectivity index (χ0v) is 11.6. The molecule has 1 saturated heterocycles. The third kappa shape index (κ3) is 4.47. The Morgan fingerprint density at radius 2 is 2.20 bits per heavy atom. The van der Waals surface area contributed by atoms with Crippen molar-refractivity contribution in [2.24, 2.45) is 0 Å². The molecule has 0 aromatic carbocycles. The molecule has 20 heavy (non-hydrogen) atoms. The van der Waals surface area contributed by atoms with Gasteiger partial charge in [0.1, 0.15) is 6.61 Å². The highest BCUT2D eigenvalue weighted by atomic mass is 16.5. The summed E-state index contributed by atoms with van der Waals surface area (Å²) < 4.78 is 10.3. The van der Waals surface area contributed by atoms with Crippen molar-refractivity contribution in [2.75, 3.05) is 26.8 Å². The summed E-state index contributed by atoms with van der Waals surface area (Å²) in [5.74, 6) is -0.286. The van der Waals surface area contributed by atoms with Gasteiger partial charge in [-0.1, -0.05) is 6.07 Å². The molecule has 110 valence electrons. The summed E-state index contributed by atoms with van der Waals surface area (Å²) in [7, 11) is 1.60. The van der Waals surface area contributed by atoms with E-state index in [1.165, 1.54) is 0 Å². The van der Waals surface area contributed by atoms with E-state index in [-0.39, 0.29) is 12.7 Å². The molecule has 0 aliphatic carbocycles. The molecular formula is C14H20N2O4. The van der Waals surface area contributed by atoms with Crippen LogP contribution in [0.15, 0.2) is 18.3 Å². The topological polar surface area (TPSA) is 71.9 Å². The molecule has 1 fully saturated rings. The summed E-state index contributed by atoms with van der Waals surface area (Å²) in [5.41, 5.74) is 1.15. The first-order chi connectivity index (χ1) is 9.67. The molecule has 0 atom stereocenters. The molecule has 0 spiro atoms. The summed E-state index contributed by atoms with van der Waals surface area (Å²) in [6.45, 7) is 2.47. The Kier molecular flexibility index (Phi) is 5.31. The van der Waals surface area contributed by atoms with Gasteiger partial charge >= 0.3 is 5.97 Å². The van der Waals surface area contributed by atoms with Crippen molar-refractivity contribution in [1.29, 1.82) is 0 Å². The van der Waals surface area contributed by atoms with E-state index in [2.05, 4.69) is 9.88 Å². The fraction of sp³-hybridized carbons (Fsp3) is 0.571. The van der Waals surface area contributed by atoms with E-state index in [1.54, 1.807) is 7.11 Å². The molecule has 6 nitrogen and oxygen atoms in total. The van der Waals surface area contributed by atoms with E-state index >= 15 is 0 Å². The molecule has 0 amide bonds. The van der Waals surface area contributed by atoms with Crippen LogP contribution in [0.4, 0.5) is 0 Å². The highest BCUT2D eigenvalue weighted by Gasteiger charge is 2.20. The number of piperidine rings is 1. The molecule has 6 heteroatoms. The maximum absolute atomic E-state index is 10.4. The fourth-order valence-electron chi connectivity index (χ4n) is 2.31. The zero-order chi connectivity index (χ0) is 14.4. The van der Waals surface area contributed by atoms with Gasteiger partial charge in [0.15, 0.2) is 0 Å². The van der Waals surface area contributed by atoms with E-state index in [4.69, 9.17) is 14.6 Å². The van der Waals surface area contributed by atoms with Crippen LogP contribution in [0.2, 0.25) is 0 Å². The second-order valence-electron chi connectivity index (χ2n) is 4.89. The number of hydrogen-bond donors (Lipinski definition) is 1. The minimum absolute atomic E-state index is 0.0661. The number of ether oxygens (including phenoxy) is 2. The lowest BCUT2D eigenvalue weighted by Crippen LogP contribution is -2.37. The van der Waals surface area contributed by atoms with E-state index in [0.29, 0.717) is 5.88 Å². The molecule has 0 saturated carbocycles. The first-order valence-electron chi connectivity index (χ1n) is 6.72. The first kappa shape index (κ1) is 14.7. The van der Waals surface area contributed by atoms with E-state index in [9.17, 15) is 4.79 Å². The predicted molar refractivity (Wildman–Crippen MR) is 72.7 cm³/mol. The average molecular weight is 280 g/mol. The maximum atomic E-state index is 10.4. The second kappa shape index (κ2) is 7.21. The number of pyridine rings is 1. The SMILES string of the molecule is COc1ccc(CN2CCC(OCC(=O)O)CC2)cn1. The van der Waals surface area contributed by atoms with Crippen molar-refractivity contribution in [3.05, 3.63) is 23.9 Å². The molecule has 2 rings (SSSR count). The Morgan fingerprint density at radius 1 is 1.45 bits per heavy atom. The van der Waals surface area contributed by atoms with Gasteiger partial charge in [0.2, 0.25) is 5.88 Å². The fourth-order valence-corrected chi connectivity index (χ4v) is 2.31. The van der Waals surface area contributed by atoms with Crippen LogP contribution in [0.3, 0.4) is 0 Å². The number of carboxylic acids is 1. The molecule has 1 aliphatic heterocycles. The Hall–Kier alpha value is -1.66. The normalized spacial score (nSPS) is 17.1. The van der Waals surface area contributed by atoms with Gasteiger partial charge in [0.05, 0.1) is 13.2 Å². The average Bonchev–Trinajstić information content (AvgIpc) is 2.47. The molecule has 2 heterocycles. The van der Waals surface area contributed by atoms with Crippen LogP contribution < -0.4 is 4.74 Å². The summed E-state index contributed by atoms with van der Waals surface area (Å²) in [6, 6.07) is 3.87. The molecule has 0 bridgehead atoms. The van der Waals surface area contributed by atoms with Gasteiger partial charge in [-0.3, -0.25) is 4.90 Å². The highest BCUT2D eigenvalue weighted by Crippen LogP contribution is 2.16. The number of aliphatic carboxylic acids is 1. The quantitative estimate of drug-likeness (QED) is 0.843. The Morgan fingerprint density at radius 3 is 2.75 bits per heavy atom. The van der Waals surface area contributed by atoms with Crippen LogP contribution in [0.1, 0.15) is 18.4 Å². The summed E-state index contributed by atoms with van der Waals surface area (Å²) >= 11 is 0. The number of hydrogen-bond acceptors (Lipinski definition) is 5. The molecule has 0 radical (unpaired) electrons. The van der Waals surface area contributed by atoms with Crippen molar-refractivity contribution in [3.8, 4) is 5.88 Å². The molecule has 1 aliphatic rings. The third-order valence-corrected chi connectivity index (χ3v) is 3.39. The molecule has 1 aromatic heterocycles. The Bertz CT molecular complexity index is 427. The van der Waals surface area contributed by atoms with E-state index in [1.807, 2.05) is 18.3 Å². The number of likely N-dealkylation sites (tertiary alicyclic amines) is 1. The van der Waals surface area contributed by atoms with Crippen LogP contribution >= 0.6 is 0 Å². The number of rotatable bonds is 6. The first-order valence-corrected chi connectivity index (χ1v) is 6.72. The van der Waals surface area contributed by atoms with Crippen molar-refractivity contribution < 1.29 is 19.4 Å². The number of carbonyl (C=O) groups is 1. The lowest BCUT2D eigenvalue weighted by atomic mass is 10.1. The molecular weight excluding hydrogens is 260 g/mol.